The lowest BCUT2D eigenvalue weighted by atomic mass is 10.0. The van der Waals surface area contributed by atoms with Crippen LogP contribution in [0.4, 0.5) is 0 Å². The van der Waals surface area contributed by atoms with Gasteiger partial charge in [0, 0.05) is 23.0 Å². The highest BCUT2D eigenvalue weighted by molar-refractivity contribution is 6.31. The van der Waals surface area contributed by atoms with Gasteiger partial charge in [0.2, 0.25) is 0 Å². The van der Waals surface area contributed by atoms with Crippen molar-refractivity contribution >= 4 is 17.6 Å². The van der Waals surface area contributed by atoms with Crippen LogP contribution in [0.2, 0.25) is 5.02 Å². The first kappa shape index (κ1) is 25.9. The second-order valence-electron chi connectivity index (χ2n) is 8.76. The summed E-state index contributed by atoms with van der Waals surface area (Å²) >= 11 is 6.41. The molecule has 0 atom stereocenters. The summed E-state index contributed by atoms with van der Waals surface area (Å²) in [7, 11) is 0. The van der Waals surface area contributed by atoms with Gasteiger partial charge in [-0.2, -0.15) is 0 Å². The molecular formula is C29H35ClN2O2. The first-order valence-corrected chi connectivity index (χ1v) is 12.9. The molecule has 0 saturated carbocycles. The number of ether oxygens (including phenoxy) is 1. The van der Waals surface area contributed by atoms with Crippen molar-refractivity contribution in [2.45, 2.75) is 78.1 Å². The molecule has 180 valence electrons. The van der Waals surface area contributed by atoms with Crippen molar-refractivity contribution in [3.05, 3.63) is 76.6 Å². The first-order chi connectivity index (χ1) is 16.6. The number of carbonyl (C=O) groups excluding carboxylic acids is 1. The molecule has 1 heterocycles. The second-order valence-corrected chi connectivity index (χ2v) is 9.16. The van der Waals surface area contributed by atoms with E-state index in [-0.39, 0.29) is 0 Å². The van der Waals surface area contributed by atoms with Gasteiger partial charge in [-0.3, -0.25) is 0 Å². The number of halogens is 1. The Balaban J connectivity index is 1.55. The fourth-order valence-electron chi connectivity index (χ4n) is 3.85. The van der Waals surface area contributed by atoms with Crippen LogP contribution < -0.4 is 4.74 Å². The van der Waals surface area contributed by atoms with E-state index in [2.05, 4.69) is 23.8 Å². The Morgan fingerprint density at radius 1 is 0.824 bits per heavy atom. The lowest BCUT2D eigenvalue weighted by Crippen LogP contribution is -2.08. The number of nitrogens with zero attached hydrogens (tertiary/aromatic N) is 2. The molecule has 0 N–H and O–H groups in total. The Kier molecular flexibility index (Phi) is 10.6. The molecule has 3 rings (SSSR count). The van der Waals surface area contributed by atoms with Crippen LogP contribution in [-0.4, -0.2) is 15.9 Å². The molecule has 1 aromatic heterocycles. The van der Waals surface area contributed by atoms with E-state index in [1.165, 1.54) is 44.9 Å². The summed E-state index contributed by atoms with van der Waals surface area (Å²) in [5, 5.41) is 0.618. The quantitative estimate of drug-likeness (QED) is 0.141. The number of carbonyl (C=O) groups is 1. The molecule has 0 fully saturated rings. The van der Waals surface area contributed by atoms with Crippen molar-refractivity contribution in [1.29, 1.82) is 0 Å². The van der Waals surface area contributed by atoms with Gasteiger partial charge in [0.25, 0.3) is 0 Å². The number of rotatable bonds is 13. The summed E-state index contributed by atoms with van der Waals surface area (Å²) in [6.07, 6.45) is 15.4. The number of hydrogen-bond acceptors (Lipinski definition) is 4. The van der Waals surface area contributed by atoms with Crippen LogP contribution >= 0.6 is 11.6 Å². The van der Waals surface area contributed by atoms with Crippen LogP contribution in [0.25, 0.3) is 11.4 Å². The van der Waals surface area contributed by atoms with Gasteiger partial charge in [-0.1, -0.05) is 70.0 Å². The highest BCUT2D eigenvalue weighted by Gasteiger charge is 2.12. The van der Waals surface area contributed by atoms with E-state index in [9.17, 15) is 4.79 Å². The van der Waals surface area contributed by atoms with E-state index in [1.807, 2.05) is 30.6 Å². The molecule has 5 heteroatoms. The molecule has 34 heavy (non-hydrogen) atoms. The predicted molar refractivity (Wildman–Crippen MR) is 140 cm³/mol. The predicted octanol–water partition coefficient (Wildman–Crippen LogP) is 8.26. The van der Waals surface area contributed by atoms with Crippen molar-refractivity contribution in [1.82, 2.24) is 9.97 Å². The van der Waals surface area contributed by atoms with E-state index >= 15 is 0 Å². The molecule has 0 amide bonds. The van der Waals surface area contributed by atoms with Gasteiger partial charge in [0.05, 0.1) is 5.56 Å². The van der Waals surface area contributed by atoms with Gasteiger partial charge in [-0.25, -0.2) is 14.8 Å². The van der Waals surface area contributed by atoms with Gasteiger partial charge in [-0.05, 0) is 73.2 Å². The van der Waals surface area contributed by atoms with Crippen LogP contribution in [0.1, 0.15) is 86.7 Å². The van der Waals surface area contributed by atoms with E-state index in [4.69, 9.17) is 16.3 Å². The third kappa shape index (κ3) is 7.95. The second kappa shape index (κ2) is 13.9. The van der Waals surface area contributed by atoms with Gasteiger partial charge < -0.3 is 4.74 Å². The van der Waals surface area contributed by atoms with Crippen LogP contribution in [-0.2, 0) is 12.8 Å². The molecule has 0 bridgehead atoms. The van der Waals surface area contributed by atoms with E-state index in [0.717, 1.165) is 36.0 Å². The summed E-state index contributed by atoms with van der Waals surface area (Å²) < 4.78 is 5.54. The molecule has 0 aliphatic heterocycles. The SMILES string of the molecule is CCCCCCc1cnc(-c2ccc(OC(=O)c3ccc(CCCCCC)c(Cl)c3)cc2)nc1. The zero-order chi connectivity index (χ0) is 24.2. The monoisotopic (exact) mass is 478 g/mol. The molecule has 0 aliphatic rings. The lowest BCUT2D eigenvalue weighted by molar-refractivity contribution is 0.0735. The maximum atomic E-state index is 12.6. The smallest absolute Gasteiger partial charge is 0.343 e. The maximum Gasteiger partial charge on any atom is 0.343 e. The normalized spacial score (nSPS) is 10.9. The topological polar surface area (TPSA) is 52.1 Å². The molecule has 3 aromatic rings. The maximum absolute atomic E-state index is 12.6. The van der Waals surface area contributed by atoms with Crippen LogP contribution in [0, 0.1) is 0 Å². The van der Waals surface area contributed by atoms with Crippen molar-refractivity contribution < 1.29 is 9.53 Å². The minimum Gasteiger partial charge on any atom is -0.423 e. The molecule has 0 spiro atoms. The molecule has 0 saturated heterocycles. The summed E-state index contributed by atoms with van der Waals surface area (Å²) in [6.45, 7) is 4.41. The largest absolute Gasteiger partial charge is 0.423 e. The zero-order valence-electron chi connectivity index (χ0n) is 20.4. The number of unbranched alkanes of at least 4 members (excludes halogenated alkanes) is 6. The highest BCUT2D eigenvalue weighted by atomic mass is 35.5. The van der Waals surface area contributed by atoms with Crippen molar-refractivity contribution in [3.63, 3.8) is 0 Å². The van der Waals surface area contributed by atoms with Gasteiger partial charge in [-0.15, -0.1) is 0 Å². The minimum absolute atomic E-state index is 0.421. The first-order valence-electron chi connectivity index (χ1n) is 12.5. The summed E-state index contributed by atoms with van der Waals surface area (Å²) in [6, 6.07) is 12.7. The molecule has 2 aromatic carbocycles. The van der Waals surface area contributed by atoms with Crippen molar-refractivity contribution in [2.75, 3.05) is 0 Å². The Hall–Kier alpha value is -2.72. The number of hydrogen-bond donors (Lipinski definition) is 0. The third-order valence-electron chi connectivity index (χ3n) is 5.94. The Labute approximate surface area is 208 Å². The molecule has 0 radical (unpaired) electrons. The van der Waals surface area contributed by atoms with Gasteiger partial charge >= 0.3 is 5.97 Å². The fourth-order valence-corrected chi connectivity index (χ4v) is 4.12. The van der Waals surface area contributed by atoms with E-state index in [1.54, 1.807) is 24.3 Å². The lowest BCUT2D eigenvalue weighted by Gasteiger charge is -2.08. The highest BCUT2D eigenvalue weighted by Crippen LogP contribution is 2.23. The molecule has 4 nitrogen and oxygen atoms in total. The minimum atomic E-state index is -0.421. The fraction of sp³-hybridized carbons (Fsp3) is 0.414. The number of aryl methyl sites for hydroxylation is 2. The standard InChI is InChI=1S/C29H35ClN2O2/c1-3-5-7-9-11-22-20-31-28(32-21-22)24-15-17-26(18-16-24)34-29(33)25-14-13-23(27(30)19-25)12-10-8-6-4-2/h13-21H,3-12H2,1-2H3. The summed E-state index contributed by atoms with van der Waals surface area (Å²) in [4.78, 5) is 21.6. The van der Waals surface area contributed by atoms with E-state index in [0.29, 0.717) is 22.2 Å². The van der Waals surface area contributed by atoms with Gasteiger partial charge in [0.1, 0.15) is 5.75 Å². The van der Waals surface area contributed by atoms with Crippen molar-refractivity contribution in [2.24, 2.45) is 0 Å². The van der Waals surface area contributed by atoms with Crippen LogP contribution in [0.15, 0.2) is 54.9 Å². The average Bonchev–Trinajstić information content (AvgIpc) is 2.86. The number of esters is 1. The molecule has 0 aliphatic carbocycles. The summed E-state index contributed by atoms with van der Waals surface area (Å²) in [5.41, 5.74) is 3.57. The molecule has 0 unspecified atom stereocenters. The van der Waals surface area contributed by atoms with Gasteiger partial charge in [0.15, 0.2) is 5.82 Å². The number of benzene rings is 2. The number of aromatic nitrogens is 2. The Morgan fingerprint density at radius 3 is 2.09 bits per heavy atom. The zero-order valence-corrected chi connectivity index (χ0v) is 21.1. The van der Waals surface area contributed by atoms with E-state index < -0.39 is 5.97 Å². The van der Waals surface area contributed by atoms with Crippen molar-refractivity contribution in [3.8, 4) is 17.1 Å². The average molecular weight is 479 g/mol. The van der Waals surface area contributed by atoms with Crippen LogP contribution in [0.3, 0.4) is 0 Å². The summed E-state index contributed by atoms with van der Waals surface area (Å²) in [5.74, 6) is 0.716. The molecular weight excluding hydrogens is 444 g/mol. The Morgan fingerprint density at radius 2 is 1.47 bits per heavy atom. The van der Waals surface area contributed by atoms with Crippen LogP contribution in [0.5, 0.6) is 5.75 Å². The Bertz CT molecular complexity index is 1030. The third-order valence-corrected chi connectivity index (χ3v) is 6.29.